The van der Waals surface area contributed by atoms with Crippen LogP contribution >= 0.6 is 0 Å². The number of amides is 1. The fraction of sp³-hybridized carbons (Fsp3) is 0.714. The molecule has 1 aromatic heterocycles. The second-order valence-electron chi connectivity index (χ2n) is 8.38. The molecule has 4 heterocycles. The van der Waals surface area contributed by atoms with E-state index < -0.39 is 0 Å². The van der Waals surface area contributed by atoms with Crippen LogP contribution in [-0.4, -0.2) is 97.2 Å². The second kappa shape index (κ2) is 9.59. The first-order valence-electron chi connectivity index (χ1n) is 11.1. The number of ether oxygens (including phenoxy) is 1. The minimum Gasteiger partial charge on any atom is -0.381 e. The zero-order chi connectivity index (χ0) is 20.8. The lowest BCUT2D eigenvalue weighted by molar-refractivity contribution is -0.131. The number of likely N-dealkylation sites (tertiary alicyclic amines) is 1. The number of guanidine groups is 1. The molecule has 1 amide bonds. The van der Waals surface area contributed by atoms with E-state index in [2.05, 4.69) is 32.0 Å². The Morgan fingerprint density at radius 3 is 2.67 bits per heavy atom. The molecule has 1 unspecified atom stereocenters. The van der Waals surface area contributed by atoms with Gasteiger partial charge in [0, 0.05) is 76.6 Å². The minimum atomic E-state index is 0.172. The monoisotopic (exact) mass is 415 g/mol. The van der Waals surface area contributed by atoms with Gasteiger partial charge >= 0.3 is 0 Å². The van der Waals surface area contributed by atoms with Crippen molar-refractivity contribution in [2.45, 2.75) is 26.2 Å². The predicted octanol–water partition coefficient (Wildman–Crippen LogP) is 0.593. The van der Waals surface area contributed by atoms with E-state index in [1.807, 2.05) is 11.0 Å². The molecule has 3 aliphatic rings. The van der Waals surface area contributed by atoms with Crippen LogP contribution in [0.15, 0.2) is 23.5 Å². The number of carbonyl (C=O) groups excluding carboxylic acids is 1. The number of nitrogens with zero attached hydrogens (tertiary/aromatic N) is 6. The Morgan fingerprint density at radius 1 is 1.17 bits per heavy atom. The third-order valence-electron chi connectivity index (χ3n) is 6.31. The molecule has 3 saturated heterocycles. The van der Waals surface area contributed by atoms with Crippen LogP contribution in [0.25, 0.3) is 0 Å². The molecule has 4 rings (SSSR count). The molecule has 1 aromatic rings. The third-order valence-corrected chi connectivity index (χ3v) is 6.31. The smallest absolute Gasteiger partial charge is 0.225 e. The molecule has 9 nitrogen and oxygen atoms in total. The van der Waals surface area contributed by atoms with E-state index in [-0.39, 0.29) is 5.91 Å². The molecule has 0 radical (unpaired) electrons. The van der Waals surface area contributed by atoms with Crippen molar-refractivity contribution >= 4 is 17.8 Å². The second-order valence-corrected chi connectivity index (χ2v) is 8.38. The van der Waals surface area contributed by atoms with Crippen molar-refractivity contribution in [1.82, 2.24) is 25.1 Å². The van der Waals surface area contributed by atoms with E-state index in [1.165, 1.54) is 0 Å². The molecule has 9 heteroatoms. The number of nitrogens with one attached hydrogen (secondary N) is 1. The summed E-state index contributed by atoms with van der Waals surface area (Å²) in [6, 6.07) is 1.81. The highest BCUT2D eigenvalue weighted by molar-refractivity contribution is 5.81. The highest BCUT2D eigenvalue weighted by Crippen LogP contribution is 2.38. The standard InChI is InChI=1S/C21H33N7O2/c1-2-22-19(28-10-5-21(16-28)6-15-30-17-21)25-9-4-18(29)26-11-13-27(14-12-26)20-23-7-3-8-24-20/h3,7-8H,2,4-6,9-17H2,1H3,(H,22,25). The third kappa shape index (κ3) is 4.83. The first kappa shape index (κ1) is 20.8. The quantitative estimate of drug-likeness (QED) is 0.556. The van der Waals surface area contributed by atoms with E-state index in [0.717, 1.165) is 70.7 Å². The van der Waals surface area contributed by atoms with Crippen LogP contribution in [0.5, 0.6) is 0 Å². The van der Waals surface area contributed by atoms with Crippen LogP contribution in [0.2, 0.25) is 0 Å². The lowest BCUT2D eigenvalue weighted by Gasteiger charge is -2.34. The molecule has 0 aromatic carbocycles. The molecular formula is C21H33N7O2. The van der Waals surface area contributed by atoms with Gasteiger partial charge in [-0.2, -0.15) is 0 Å². The van der Waals surface area contributed by atoms with Crippen LogP contribution < -0.4 is 10.2 Å². The van der Waals surface area contributed by atoms with Crippen LogP contribution in [0.4, 0.5) is 5.95 Å². The molecule has 0 bridgehead atoms. The Balaban J connectivity index is 1.25. The largest absolute Gasteiger partial charge is 0.381 e. The average molecular weight is 416 g/mol. The summed E-state index contributed by atoms with van der Waals surface area (Å²) in [5.74, 6) is 1.84. The van der Waals surface area contributed by atoms with Crippen molar-refractivity contribution in [2.24, 2.45) is 10.4 Å². The molecule has 0 aliphatic carbocycles. The van der Waals surface area contributed by atoms with Crippen molar-refractivity contribution in [2.75, 3.05) is 70.5 Å². The van der Waals surface area contributed by atoms with Crippen LogP contribution in [0.3, 0.4) is 0 Å². The topological polar surface area (TPSA) is 86.2 Å². The number of aromatic nitrogens is 2. The van der Waals surface area contributed by atoms with Crippen molar-refractivity contribution in [3.8, 4) is 0 Å². The van der Waals surface area contributed by atoms with Crippen LogP contribution in [0, 0.1) is 5.41 Å². The van der Waals surface area contributed by atoms with Gasteiger partial charge in [0.25, 0.3) is 0 Å². The normalized spacial score (nSPS) is 24.7. The van der Waals surface area contributed by atoms with Crippen molar-refractivity contribution in [3.05, 3.63) is 18.5 Å². The summed E-state index contributed by atoms with van der Waals surface area (Å²) >= 11 is 0. The zero-order valence-electron chi connectivity index (χ0n) is 17.9. The van der Waals surface area contributed by atoms with Gasteiger partial charge in [-0.15, -0.1) is 0 Å². The summed E-state index contributed by atoms with van der Waals surface area (Å²) in [7, 11) is 0. The van der Waals surface area contributed by atoms with Gasteiger partial charge in [0.05, 0.1) is 13.2 Å². The number of aliphatic imine (C=N–C) groups is 1. The van der Waals surface area contributed by atoms with Crippen LogP contribution in [-0.2, 0) is 9.53 Å². The maximum absolute atomic E-state index is 12.7. The predicted molar refractivity (Wildman–Crippen MR) is 115 cm³/mol. The molecular weight excluding hydrogens is 382 g/mol. The van der Waals surface area contributed by atoms with Gasteiger partial charge in [0.15, 0.2) is 5.96 Å². The molecule has 3 fully saturated rings. The van der Waals surface area contributed by atoms with Crippen LogP contribution in [0.1, 0.15) is 26.2 Å². The van der Waals surface area contributed by atoms with Gasteiger partial charge in [0.2, 0.25) is 11.9 Å². The summed E-state index contributed by atoms with van der Waals surface area (Å²) in [4.78, 5) is 32.4. The average Bonchev–Trinajstić information content (AvgIpc) is 3.43. The molecule has 1 spiro atoms. The van der Waals surface area contributed by atoms with Gasteiger partial charge < -0.3 is 24.8 Å². The number of rotatable bonds is 5. The molecule has 1 atom stereocenters. The van der Waals surface area contributed by atoms with Crippen molar-refractivity contribution in [3.63, 3.8) is 0 Å². The highest BCUT2D eigenvalue weighted by Gasteiger charge is 2.42. The van der Waals surface area contributed by atoms with Crippen molar-refractivity contribution in [1.29, 1.82) is 0 Å². The summed E-state index contributed by atoms with van der Waals surface area (Å²) in [5.41, 5.74) is 0.300. The Morgan fingerprint density at radius 2 is 1.97 bits per heavy atom. The van der Waals surface area contributed by atoms with Crippen molar-refractivity contribution < 1.29 is 9.53 Å². The minimum absolute atomic E-state index is 0.172. The summed E-state index contributed by atoms with van der Waals surface area (Å²) in [6.07, 6.45) is 6.25. The lowest BCUT2D eigenvalue weighted by Crippen LogP contribution is -2.49. The Hall–Kier alpha value is -2.42. The van der Waals surface area contributed by atoms with E-state index in [1.54, 1.807) is 12.4 Å². The Kier molecular flexibility index (Phi) is 6.66. The fourth-order valence-corrected chi connectivity index (χ4v) is 4.54. The molecule has 1 N–H and O–H groups in total. The van der Waals surface area contributed by atoms with Gasteiger partial charge in [-0.25, -0.2) is 9.97 Å². The molecule has 0 saturated carbocycles. The Bertz CT molecular complexity index is 728. The van der Waals surface area contributed by atoms with E-state index in [9.17, 15) is 4.79 Å². The maximum Gasteiger partial charge on any atom is 0.225 e. The first-order chi connectivity index (χ1) is 14.7. The molecule has 164 valence electrons. The maximum atomic E-state index is 12.7. The van der Waals surface area contributed by atoms with E-state index in [4.69, 9.17) is 9.73 Å². The van der Waals surface area contributed by atoms with E-state index >= 15 is 0 Å². The van der Waals surface area contributed by atoms with Gasteiger partial charge in [-0.05, 0) is 25.8 Å². The number of hydrogen-bond acceptors (Lipinski definition) is 6. The Labute approximate surface area is 178 Å². The number of anilines is 1. The SMILES string of the molecule is CCNC(=NCCC(=O)N1CCN(c2ncccn2)CC1)N1CCC2(CCOC2)C1. The van der Waals surface area contributed by atoms with E-state index in [0.29, 0.717) is 31.5 Å². The first-order valence-corrected chi connectivity index (χ1v) is 11.1. The number of piperazine rings is 1. The summed E-state index contributed by atoms with van der Waals surface area (Å²) < 4.78 is 5.64. The number of carbonyl (C=O) groups is 1. The molecule has 30 heavy (non-hydrogen) atoms. The summed E-state index contributed by atoms with van der Waals surface area (Å²) in [5, 5.41) is 3.40. The molecule has 3 aliphatic heterocycles. The summed E-state index contributed by atoms with van der Waals surface area (Å²) in [6.45, 7) is 10.1. The van der Waals surface area contributed by atoms with Gasteiger partial charge in [-0.3, -0.25) is 9.79 Å². The zero-order valence-corrected chi connectivity index (χ0v) is 17.9. The highest BCUT2D eigenvalue weighted by atomic mass is 16.5. The lowest BCUT2D eigenvalue weighted by atomic mass is 9.87. The fourth-order valence-electron chi connectivity index (χ4n) is 4.54. The number of hydrogen-bond donors (Lipinski definition) is 1. The van der Waals surface area contributed by atoms with Gasteiger partial charge in [-0.1, -0.05) is 0 Å². The van der Waals surface area contributed by atoms with Gasteiger partial charge in [0.1, 0.15) is 0 Å².